The summed E-state index contributed by atoms with van der Waals surface area (Å²) >= 11 is 0. The van der Waals surface area contributed by atoms with Crippen molar-refractivity contribution in [2.24, 2.45) is 0 Å². The molecule has 0 spiro atoms. The molecule has 0 saturated carbocycles. The molecule has 1 N–H and O–H groups in total. The third-order valence-corrected chi connectivity index (χ3v) is 3.31. The summed E-state index contributed by atoms with van der Waals surface area (Å²) in [4.78, 5) is 12.6. The number of rotatable bonds is 4. The number of methoxy groups -OCH3 is 1. The zero-order valence-electron chi connectivity index (χ0n) is 12.1. The number of carbonyl (C=O) groups is 1. The van der Waals surface area contributed by atoms with E-state index in [0.29, 0.717) is 22.8 Å². The van der Waals surface area contributed by atoms with Gasteiger partial charge < -0.3 is 14.5 Å². The smallest absolute Gasteiger partial charge is 0.256 e. The molecular formula is C18H15NO3. The van der Waals surface area contributed by atoms with Gasteiger partial charge in [0.15, 0.2) is 0 Å². The Hall–Kier alpha value is -3.01. The quantitative estimate of drug-likeness (QED) is 0.784. The van der Waals surface area contributed by atoms with E-state index in [1.54, 1.807) is 37.6 Å². The van der Waals surface area contributed by atoms with Crippen LogP contribution < -0.4 is 10.1 Å². The monoisotopic (exact) mass is 293 g/mol. The molecule has 0 aliphatic carbocycles. The van der Waals surface area contributed by atoms with Gasteiger partial charge in [-0.3, -0.25) is 4.79 Å². The van der Waals surface area contributed by atoms with Crippen LogP contribution in [0.25, 0.3) is 11.3 Å². The molecule has 4 nitrogen and oxygen atoms in total. The highest BCUT2D eigenvalue weighted by Crippen LogP contribution is 2.27. The second-order valence-corrected chi connectivity index (χ2v) is 4.68. The first-order chi connectivity index (χ1) is 10.8. The van der Waals surface area contributed by atoms with Crippen LogP contribution in [0, 0.1) is 0 Å². The average molecular weight is 293 g/mol. The third-order valence-electron chi connectivity index (χ3n) is 3.31. The Morgan fingerprint density at radius 3 is 2.55 bits per heavy atom. The van der Waals surface area contributed by atoms with Crippen molar-refractivity contribution < 1.29 is 13.9 Å². The van der Waals surface area contributed by atoms with E-state index < -0.39 is 0 Å². The van der Waals surface area contributed by atoms with Gasteiger partial charge in [-0.15, -0.1) is 0 Å². The molecule has 3 rings (SSSR count). The van der Waals surface area contributed by atoms with Gasteiger partial charge in [0.2, 0.25) is 0 Å². The van der Waals surface area contributed by atoms with E-state index in [1.165, 1.54) is 0 Å². The van der Waals surface area contributed by atoms with Gasteiger partial charge >= 0.3 is 0 Å². The lowest BCUT2D eigenvalue weighted by Gasteiger charge is -2.11. The average Bonchev–Trinajstić information content (AvgIpc) is 3.09. The molecule has 0 aliphatic heterocycles. The van der Waals surface area contributed by atoms with Crippen LogP contribution in [0.4, 0.5) is 5.69 Å². The van der Waals surface area contributed by atoms with Crippen molar-refractivity contribution in [3.8, 4) is 17.1 Å². The van der Waals surface area contributed by atoms with Gasteiger partial charge in [0.05, 0.1) is 24.6 Å². The Kier molecular flexibility index (Phi) is 3.92. The van der Waals surface area contributed by atoms with E-state index in [0.717, 1.165) is 5.56 Å². The predicted octanol–water partition coefficient (Wildman–Crippen LogP) is 4.21. The van der Waals surface area contributed by atoms with Gasteiger partial charge in [0.25, 0.3) is 5.91 Å². The normalized spacial score (nSPS) is 10.2. The Morgan fingerprint density at radius 1 is 1.00 bits per heavy atom. The minimum Gasteiger partial charge on any atom is -0.495 e. The number of ether oxygens (including phenoxy) is 1. The van der Waals surface area contributed by atoms with Gasteiger partial charge in [0.1, 0.15) is 11.5 Å². The van der Waals surface area contributed by atoms with Gasteiger partial charge in [-0.25, -0.2) is 0 Å². The highest BCUT2D eigenvalue weighted by Gasteiger charge is 2.15. The van der Waals surface area contributed by atoms with Crippen molar-refractivity contribution in [1.82, 2.24) is 0 Å². The lowest BCUT2D eigenvalue weighted by atomic mass is 10.0. The van der Waals surface area contributed by atoms with E-state index in [9.17, 15) is 4.79 Å². The molecule has 2 aromatic carbocycles. The van der Waals surface area contributed by atoms with Crippen LogP contribution in [-0.4, -0.2) is 13.0 Å². The van der Waals surface area contributed by atoms with Crippen molar-refractivity contribution in [3.05, 3.63) is 72.5 Å². The van der Waals surface area contributed by atoms with Crippen molar-refractivity contribution in [2.45, 2.75) is 0 Å². The molecule has 0 unspecified atom stereocenters. The standard InChI is InChI=1S/C18H15NO3/c1-21-17-10-5-4-9-15(17)19-18(20)14-8-3-2-7-13(14)16-11-6-12-22-16/h2-12H,1H3,(H,19,20). The molecule has 1 amide bonds. The van der Waals surface area contributed by atoms with Crippen LogP contribution in [0.1, 0.15) is 10.4 Å². The van der Waals surface area contributed by atoms with E-state index in [2.05, 4.69) is 5.32 Å². The molecule has 1 aromatic heterocycles. The second-order valence-electron chi connectivity index (χ2n) is 4.68. The fourth-order valence-corrected chi connectivity index (χ4v) is 2.27. The summed E-state index contributed by atoms with van der Waals surface area (Å²) < 4.78 is 10.7. The Balaban J connectivity index is 1.93. The lowest BCUT2D eigenvalue weighted by molar-refractivity contribution is 0.102. The Morgan fingerprint density at radius 2 is 1.77 bits per heavy atom. The largest absolute Gasteiger partial charge is 0.495 e. The second kappa shape index (κ2) is 6.18. The molecule has 0 atom stereocenters. The van der Waals surface area contributed by atoms with Crippen LogP contribution in [0.2, 0.25) is 0 Å². The maximum Gasteiger partial charge on any atom is 0.256 e. The van der Waals surface area contributed by atoms with E-state index in [-0.39, 0.29) is 5.91 Å². The number of nitrogens with one attached hydrogen (secondary N) is 1. The first kappa shape index (κ1) is 13.9. The highest BCUT2D eigenvalue weighted by atomic mass is 16.5. The number of furan rings is 1. The summed E-state index contributed by atoms with van der Waals surface area (Å²) in [5.74, 6) is 1.06. The summed E-state index contributed by atoms with van der Waals surface area (Å²) in [5.41, 5.74) is 1.92. The minimum atomic E-state index is -0.212. The van der Waals surface area contributed by atoms with Crippen LogP contribution in [0.5, 0.6) is 5.75 Å². The summed E-state index contributed by atoms with van der Waals surface area (Å²) in [5, 5.41) is 2.87. The maximum atomic E-state index is 12.6. The van der Waals surface area contributed by atoms with Gasteiger partial charge in [-0.1, -0.05) is 30.3 Å². The van der Waals surface area contributed by atoms with E-state index >= 15 is 0 Å². The number of anilines is 1. The molecule has 1 heterocycles. The molecule has 22 heavy (non-hydrogen) atoms. The Labute approximate surface area is 128 Å². The molecule has 110 valence electrons. The molecule has 0 bridgehead atoms. The molecular weight excluding hydrogens is 278 g/mol. The minimum absolute atomic E-state index is 0.212. The zero-order chi connectivity index (χ0) is 15.4. The number of carbonyl (C=O) groups excluding carboxylic acids is 1. The van der Waals surface area contributed by atoms with Gasteiger partial charge in [0, 0.05) is 5.56 Å². The number of para-hydroxylation sites is 2. The number of amides is 1. The summed E-state index contributed by atoms with van der Waals surface area (Å²) in [6.45, 7) is 0. The maximum absolute atomic E-state index is 12.6. The van der Waals surface area contributed by atoms with Crippen LogP contribution >= 0.6 is 0 Å². The molecule has 0 radical (unpaired) electrons. The van der Waals surface area contributed by atoms with Crippen LogP contribution in [0.15, 0.2) is 71.3 Å². The summed E-state index contributed by atoms with van der Waals surface area (Å²) in [6.07, 6.45) is 1.59. The molecule has 0 aliphatic rings. The van der Waals surface area contributed by atoms with Crippen molar-refractivity contribution >= 4 is 11.6 Å². The van der Waals surface area contributed by atoms with E-state index in [4.69, 9.17) is 9.15 Å². The molecule has 0 fully saturated rings. The van der Waals surface area contributed by atoms with Gasteiger partial charge in [-0.05, 0) is 30.3 Å². The number of hydrogen-bond donors (Lipinski definition) is 1. The Bertz CT molecular complexity index is 779. The van der Waals surface area contributed by atoms with Crippen LogP contribution in [-0.2, 0) is 0 Å². The number of benzene rings is 2. The van der Waals surface area contributed by atoms with Crippen LogP contribution in [0.3, 0.4) is 0 Å². The summed E-state index contributed by atoms with van der Waals surface area (Å²) in [6, 6.07) is 18.2. The van der Waals surface area contributed by atoms with Gasteiger partial charge in [-0.2, -0.15) is 0 Å². The SMILES string of the molecule is COc1ccccc1NC(=O)c1ccccc1-c1ccco1. The van der Waals surface area contributed by atoms with E-state index in [1.807, 2.05) is 36.4 Å². The number of hydrogen-bond acceptors (Lipinski definition) is 3. The third kappa shape index (κ3) is 2.72. The highest BCUT2D eigenvalue weighted by molar-refractivity contribution is 6.08. The topological polar surface area (TPSA) is 51.5 Å². The fourth-order valence-electron chi connectivity index (χ4n) is 2.27. The zero-order valence-corrected chi connectivity index (χ0v) is 12.1. The van der Waals surface area contributed by atoms with Crippen molar-refractivity contribution in [1.29, 1.82) is 0 Å². The lowest BCUT2D eigenvalue weighted by Crippen LogP contribution is -2.13. The van der Waals surface area contributed by atoms with Crippen molar-refractivity contribution in [3.63, 3.8) is 0 Å². The first-order valence-electron chi connectivity index (χ1n) is 6.87. The molecule has 0 saturated heterocycles. The predicted molar refractivity (Wildman–Crippen MR) is 85.1 cm³/mol. The fraction of sp³-hybridized carbons (Fsp3) is 0.0556. The summed E-state index contributed by atoms with van der Waals surface area (Å²) in [7, 11) is 1.57. The van der Waals surface area contributed by atoms with Crippen molar-refractivity contribution in [2.75, 3.05) is 12.4 Å². The molecule has 4 heteroatoms. The molecule has 3 aromatic rings. The first-order valence-corrected chi connectivity index (χ1v) is 6.87.